The Morgan fingerprint density at radius 2 is 0.565 bits per heavy atom. The maximum atomic E-state index is 15.5. The maximum Gasteiger partial charge on any atom is 0.420 e. The fraction of sp³-hybridized carbons (Fsp3) is 0.200. The number of hydrogen-bond acceptors (Lipinski definition) is 2. The third-order valence-corrected chi connectivity index (χ3v) is 7.52. The molecule has 0 saturated heterocycles. The van der Waals surface area contributed by atoms with Gasteiger partial charge in [0.05, 0.1) is 22.3 Å². The summed E-state index contributed by atoms with van der Waals surface area (Å²) in [5, 5.41) is -2.32. The molecule has 0 aliphatic heterocycles. The lowest BCUT2D eigenvalue weighted by atomic mass is 9.89. The lowest BCUT2D eigenvalue weighted by Gasteiger charge is -2.37. The zero-order valence-corrected chi connectivity index (χ0v) is 22.0. The number of furan rings is 2. The molecule has 2 nitrogen and oxygen atoms in total. The van der Waals surface area contributed by atoms with Crippen LogP contribution in [0.1, 0.15) is 22.3 Å². The molecule has 0 unspecified atom stereocenters. The van der Waals surface area contributed by atoms with Crippen LogP contribution in [0.4, 0.5) is 61.5 Å². The molecule has 2 aromatic heterocycles. The Hall–Kier alpha value is -4.50. The lowest BCUT2D eigenvalue weighted by molar-refractivity contribution is -0.374. The molecule has 0 fully saturated rings. The van der Waals surface area contributed by atoms with Gasteiger partial charge in [-0.1, -0.05) is 48.5 Å². The standard InChI is InChI=1S/C30H12F14O2/c31-25(32,17-9-1-5-13-15-7-3-11-19(27(35,36)37)23(15)45-21(13)17)29(41,42)30(43,44)26(33,34)18-10-2-6-14-16-8-4-12-20(28(38,39)40)24(16)46-22(14)18/h1-12H. The van der Waals surface area contributed by atoms with Crippen molar-refractivity contribution in [2.24, 2.45) is 0 Å². The molecule has 0 aliphatic carbocycles. The van der Waals surface area contributed by atoms with Crippen LogP contribution < -0.4 is 0 Å². The van der Waals surface area contributed by atoms with Crippen LogP contribution in [0, 0.1) is 0 Å². The molecule has 4 aromatic carbocycles. The average Bonchev–Trinajstić information content (AvgIpc) is 3.53. The van der Waals surface area contributed by atoms with Crippen molar-refractivity contribution in [1.82, 2.24) is 0 Å². The summed E-state index contributed by atoms with van der Waals surface area (Å²) in [7, 11) is 0. The Labute approximate surface area is 245 Å². The third-order valence-electron chi connectivity index (χ3n) is 7.52. The normalized spacial score (nSPS) is 14.3. The Morgan fingerprint density at radius 1 is 0.326 bits per heavy atom. The SMILES string of the molecule is FC(F)(F)c1cccc2c1oc1c(C(F)(F)C(F)(F)C(F)(F)C(F)(F)c3cccc4c3oc3c(C(F)(F)F)cccc34)cccc12. The quantitative estimate of drug-likeness (QED) is 0.171. The van der Waals surface area contributed by atoms with E-state index in [2.05, 4.69) is 0 Å². The van der Waals surface area contributed by atoms with E-state index in [1.807, 2.05) is 0 Å². The van der Waals surface area contributed by atoms with E-state index in [1.54, 1.807) is 0 Å². The van der Waals surface area contributed by atoms with Crippen molar-refractivity contribution in [2.45, 2.75) is 36.0 Å². The molecule has 0 amide bonds. The number of fused-ring (bicyclic) bond motifs is 6. The zero-order chi connectivity index (χ0) is 33.8. The molecular formula is C30H12F14O2. The van der Waals surface area contributed by atoms with Gasteiger partial charge in [0, 0.05) is 21.5 Å². The van der Waals surface area contributed by atoms with Crippen LogP contribution in [-0.4, -0.2) is 11.8 Å². The van der Waals surface area contributed by atoms with Gasteiger partial charge in [0.2, 0.25) is 0 Å². The van der Waals surface area contributed by atoms with Crippen molar-refractivity contribution >= 4 is 43.9 Å². The summed E-state index contributed by atoms with van der Waals surface area (Å²) in [6.45, 7) is 0. The summed E-state index contributed by atoms with van der Waals surface area (Å²) in [6.07, 6.45) is -10.3. The van der Waals surface area contributed by atoms with E-state index in [9.17, 15) is 26.3 Å². The first kappa shape index (κ1) is 31.5. The molecule has 0 N–H and O–H groups in total. The van der Waals surface area contributed by atoms with Gasteiger partial charge in [-0.25, -0.2) is 0 Å². The Bertz CT molecular complexity index is 1990. The summed E-state index contributed by atoms with van der Waals surface area (Å²) in [4.78, 5) is 0. The third kappa shape index (κ3) is 4.17. The zero-order valence-electron chi connectivity index (χ0n) is 22.0. The van der Waals surface area contributed by atoms with Crippen LogP contribution in [0.25, 0.3) is 43.9 Å². The van der Waals surface area contributed by atoms with Crippen LogP contribution >= 0.6 is 0 Å². The number of benzene rings is 4. The van der Waals surface area contributed by atoms with Gasteiger partial charge in [0.1, 0.15) is 22.3 Å². The van der Waals surface area contributed by atoms with Gasteiger partial charge < -0.3 is 8.83 Å². The Morgan fingerprint density at radius 3 is 0.826 bits per heavy atom. The van der Waals surface area contributed by atoms with Crippen LogP contribution in [0.2, 0.25) is 0 Å². The predicted molar refractivity (Wildman–Crippen MR) is 135 cm³/mol. The highest BCUT2D eigenvalue weighted by atomic mass is 19.4. The van der Waals surface area contributed by atoms with E-state index in [4.69, 9.17) is 8.83 Å². The topological polar surface area (TPSA) is 26.3 Å². The highest BCUT2D eigenvalue weighted by molar-refractivity contribution is 6.08. The van der Waals surface area contributed by atoms with E-state index in [-0.39, 0.29) is 12.1 Å². The minimum Gasteiger partial charge on any atom is -0.455 e. The molecule has 6 rings (SSSR count). The van der Waals surface area contributed by atoms with Crippen molar-refractivity contribution in [3.05, 3.63) is 95.1 Å². The maximum absolute atomic E-state index is 15.5. The first-order chi connectivity index (χ1) is 21.1. The first-order valence-electron chi connectivity index (χ1n) is 12.7. The molecule has 0 aliphatic rings. The molecule has 0 saturated carbocycles. The van der Waals surface area contributed by atoms with E-state index in [0.717, 1.165) is 36.4 Å². The summed E-state index contributed by atoms with van der Waals surface area (Å²) < 4.78 is 214. The second kappa shape index (κ2) is 9.51. The largest absolute Gasteiger partial charge is 0.455 e. The van der Waals surface area contributed by atoms with E-state index in [1.165, 1.54) is 0 Å². The van der Waals surface area contributed by atoms with Gasteiger partial charge in [0.25, 0.3) is 0 Å². The van der Waals surface area contributed by atoms with Crippen molar-refractivity contribution < 1.29 is 70.3 Å². The van der Waals surface area contributed by atoms with Gasteiger partial charge in [-0.3, -0.25) is 0 Å². The number of para-hydroxylation sites is 4. The second-order valence-electron chi connectivity index (χ2n) is 10.2. The van der Waals surface area contributed by atoms with Gasteiger partial charge >= 0.3 is 36.0 Å². The molecule has 0 spiro atoms. The highest BCUT2D eigenvalue weighted by Gasteiger charge is 2.81. The second-order valence-corrected chi connectivity index (χ2v) is 10.2. The smallest absolute Gasteiger partial charge is 0.420 e. The predicted octanol–water partition coefficient (Wildman–Crippen LogP) is 11.7. The molecule has 6 aromatic rings. The number of rotatable bonds is 5. The highest BCUT2D eigenvalue weighted by Crippen LogP contribution is 2.61. The van der Waals surface area contributed by atoms with E-state index < -0.39 is 102 Å². The summed E-state index contributed by atoms with van der Waals surface area (Å²) in [5.74, 6) is -26.5. The number of hydrogen-bond donors (Lipinski definition) is 0. The number of halogens is 14. The minimum atomic E-state index is -7.01. The average molecular weight is 670 g/mol. The van der Waals surface area contributed by atoms with Crippen LogP contribution in [0.15, 0.2) is 81.6 Å². The molecule has 0 atom stereocenters. The Balaban J connectivity index is 1.53. The lowest BCUT2D eigenvalue weighted by Crippen LogP contribution is -2.59. The van der Waals surface area contributed by atoms with E-state index in [0.29, 0.717) is 24.3 Å². The first-order valence-corrected chi connectivity index (χ1v) is 12.7. The van der Waals surface area contributed by atoms with Gasteiger partial charge in [-0.15, -0.1) is 0 Å². The van der Waals surface area contributed by atoms with Crippen LogP contribution in [-0.2, 0) is 24.2 Å². The summed E-state index contributed by atoms with van der Waals surface area (Å²) in [6, 6.07) is 7.62. The van der Waals surface area contributed by atoms with Gasteiger partial charge in [-0.2, -0.15) is 61.5 Å². The van der Waals surface area contributed by atoms with Crippen LogP contribution in [0.5, 0.6) is 0 Å². The van der Waals surface area contributed by atoms with Crippen molar-refractivity contribution in [3.8, 4) is 0 Å². The molecule has 46 heavy (non-hydrogen) atoms. The fourth-order valence-electron chi connectivity index (χ4n) is 5.31. The molecular weight excluding hydrogens is 658 g/mol. The molecule has 16 heteroatoms. The number of alkyl halides is 14. The molecule has 242 valence electrons. The summed E-state index contributed by atoms with van der Waals surface area (Å²) in [5.41, 5.74) is -12.3. The van der Waals surface area contributed by atoms with E-state index >= 15 is 35.1 Å². The molecule has 0 radical (unpaired) electrons. The van der Waals surface area contributed by atoms with Crippen LogP contribution in [0.3, 0.4) is 0 Å². The summed E-state index contributed by atoms with van der Waals surface area (Å²) >= 11 is 0. The molecule has 2 heterocycles. The van der Waals surface area contributed by atoms with Crippen molar-refractivity contribution in [2.75, 3.05) is 0 Å². The Kier molecular flexibility index (Phi) is 6.51. The minimum absolute atomic E-state index is 0.0960. The van der Waals surface area contributed by atoms with Gasteiger partial charge in [0.15, 0.2) is 0 Å². The fourth-order valence-corrected chi connectivity index (χ4v) is 5.31. The monoisotopic (exact) mass is 670 g/mol. The molecule has 0 bridgehead atoms. The van der Waals surface area contributed by atoms with Crippen molar-refractivity contribution in [1.29, 1.82) is 0 Å². The van der Waals surface area contributed by atoms with Crippen molar-refractivity contribution in [3.63, 3.8) is 0 Å². The van der Waals surface area contributed by atoms with Gasteiger partial charge in [-0.05, 0) is 24.3 Å².